The minimum atomic E-state index is -1.19. The molecule has 0 atom stereocenters. The maximum Gasteiger partial charge on any atom is 0.286 e. The highest BCUT2D eigenvalue weighted by Crippen LogP contribution is 1.73. The van der Waals surface area contributed by atoms with Gasteiger partial charge in [-0.15, -0.1) is 9.36 Å². The van der Waals surface area contributed by atoms with Crippen LogP contribution < -0.4 is 15.6 Å². The van der Waals surface area contributed by atoms with E-state index in [1.54, 1.807) is 0 Å². The van der Waals surface area contributed by atoms with Gasteiger partial charge in [0.1, 0.15) is 6.54 Å². The predicted molar refractivity (Wildman–Crippen MR) is 27.6 cm³/mol. The second-order valence-electron chi connectivity index (χ2n) is 1.76. The molecule has 0 fully saturated rings. The molecule has 0 saturated heterocycles. The second-order valence-corrected chi connectivity index (χ2v) is 1.76. The first-order valence-electron chi connectivity index (χ1n) is 2.57. The van der Waals surface area contributed by atoms with E-state index in [4.69, 9.17) is 5.84 Å². The zero-order chi connectivity index (χ0) is 7.56. The van der Waals surface area contributed by atoms with E-state index in [0.29, 0.717) is 0 Å². The van der Waals surface area contributed by atoms with Crippen molar-refractivity contribution in [3.63, 3.8) is 0 Å². The molecular formula is C4H6N4O2. The molecule has 6 heteroatoms. The normalized spacial score (nSPS) is 9.60. The van der Waals surface area contributed by atoms with Crippen molar-refractivity contribution in [1.29, 1.82) is 0 Å². The van der Waals surface area contributed by atoms with E-state index < -0.39 is 5.97 Å². The minimum absolute atomic E-state index is 0.274. The number of rotatable bonds is 2. The van der Waals surface area contributed by atoms with E-state index >= 15 is 0 Å². The third-order valence-corrected chi connectivity index (χ3v) is 0.891. The number of carboxylic acid groups (broad SMARTS) is 1. The van der Waals surface area contributed by atoms with Crippen LogP contribution in [0.2, 0.25) is 0 Å². The molecule has 6 nitrogen and oxygen atoms in total. The summed E-state index contributed by atoms with van der Waals surface area (Å²) in [6.07, 6.45) is 2.64. The van der Waals surface area contributed by atoms with Gasteiger partial charge in [0.15, 0.2) is 0 Å². The third-order valence-electron chi connectivity index (χ3n) is 0.891. The summed E-state index contributed by atoms with van der Waals surface area (Å²) in [5.41, 5.74) is 0. The van der Waals surface area contributed by atoms with Crippen LogP contribution in [0.5, 0.6) is 0 Å². The van der Waals surface area contributed by atoms with E-state index in [1.807, 2.05) is 0 Å². The summed E-state index contributed by atoms with van der Waals surface area (Å²) in [5, 5.41) is 13.5. The number of hydrogen-bond donors (Lipinski definition) is 1. The van der Waals surface area contributed by atoms with Crippen LogP contribution in [0.3, 0.4) is 0 Å². The number of carboxylic acids is 1. The Morgan fingerprint density at radius 2 is 2.60 bits per heavy atom. The molecule has 0 aliphatic carbocycles. The number of nitrogen functional groups attached to an aromatic ring is 1. The number of nitrogens with zero attached hydrogens (tertiary/aromatic N) is 3. The van der Waals surface area contributed by atoms with Gasteiger partial charge >= 0.3 is 0 Å². The Bertz CT molecular complexity index is 243. The van der Waals surface area contributed by atoms with Crippen molar-refractivity contribution in [3.8, 4) is 0 Å². The number of carbonyl (C=O) groups is 1. The van der Waals surface area contributed by atoms with Gasteiger partial charge in [0.2, 0.25) is 6.33 Å². The van der Waals surface area contributed by atoms with Crippen LogP contribution in [-0.2, 0) is 11.3 Å². The van der Waals surface area contributed by atoms with Crippen LogP contribution in [0.15, 0.2) is 12.7 Å². The fourth-order valence-corrected chi connectivity index (χ4v) is 0.553. The van der Waals surface area contributed by atoms with Gasteiger partial charge in [-0.25, -0.2) is 0 Å². The Morgan fingerprint density at radius 3 is 3.00 bits per heavy atom. The molecule has 1 aromatic heterocycles. The fourth-order valence-electron chi connectivity index (χ4n) is 0.553. The SMILES string of the molecule is N[n+]1cnn(CC(=O)[O-])c1. The van der Waals surface area contributed by atoms with Gasteiger partial charge in [-0.05, 0) is 0 Å². The molecule has 0 unspecified atom stereocenters. The fraction of sp³-hybridized carbons (Fsp3) is 0.250. The van der Waals surface area contributed by atoms with E-state index in [1.165, 1.54) is 12.7 Å². The Balaban J connectivity index is 2.67. The number of aliphatic carboxylic acids is 1. The summed E-state index contributed by atoms with van der Waals surface area (Å²) in [7, 11) is 0. The van der Waals surface area contributed by atoms with E-state index in [9.17, 15) is 9.90 Å². The summed E-state index contributed by atoms with van der Waals surface area (Å²) in [5.74, 6) is 3.98. The lowest BCUT2D eigenvalue weighted by Gasteiger charge is -1.92. The average Bonchev–Trinajstić information content (AvgIpc) is 2.13. The van der Waals surface area contributed by atoms with Gasteiger partial charge in [-0.3, -0.25) is 5.84 Å². The topological polar surface area (TPSA) is 87.8 Å². The monoisotopic (exact) mass is 142 g/mol. The quantitative estimate of drug-likeness (QED) is 0.345. The Kier molecular flexibility index (Phi) is 1.53. The van der Waals surface area contributed by atoms with Gasteiger partial charge in [0.25, 0.3) is 6.33 Å². The molecule has 0 bridgehead atoms. The lowest BCUT2D eigenvalue weighted by Crippen LogP contribution is -2.42. The molecule has 1 rings (SSSR count). The summed E-state index contributed by atoms with van der Waals surface area (Å²) in [6, 6.07) is 0. The smallest absolute Gasteiger partial charge is 0.286 e. The van der Waals surface area contributed by atoms with Crippen LogP contribution in [0.4, 0.5) is 0 Å². The molecule has 0 amide bonds. The summed E-state index contributed by atoms with van der Waals surface area (Å²) >= 11 is 0. The number of hydrogen-bond acceptors (Lipinski definition) is 4. The lowest BCUT2D eigenvalue weighted by molar-refractivity contribution is -0.639. The first kappa shape index (κ1) is 6.53. The van der Waals surface area contributed by atoms with Crippen molar-refractivity contribution in [3.05, 3.63) is 12.7 Å². The van der Waals surface area contributed by atoms with Gasteiger partial charge in [-0.1, -0.05) is 0 Å². The second kappa shape index (κ2) is 2.34. The highest BCUT2D eigenvalue weighted by Gasteiger charge is 2.01. The standard InChI is InChI=1S/C4H6N4O2/c5-7-2-6-8(3-7)1-4(9)10/h2-3H,1,5H2. The molecule has 0 aromatic carbocycles. The van der Waals surface area contributed by atoms with E-state index in [0.717, 1.165) is 9.36 Å². The highest BCUT2D eigenvalue weighted by atomic mass is 16.4. The van der Waals surface area contributed by atoms with Gasteiger partial charge in [-0.2, -0.15) is 0 Å². The van der Waals surface area contributed by atoms with Gasteiger partial charge < -0.3 is 9.90 Å². The van der Waals surface area contributed by atoms with Crippen molar-refractivity contribution in [1.82, 2.24) is 9.78 Å². The largest absolute Gasteiger partial charge is 0.547 e. The summed E-state index contributed by atoms with van der Waals surface area (Å²) in [4.78, 5) is 9.96. The molecule has 2 N–H and O–H groups in total. The van der Waals surface area contributed by atoms with Gasteiger partial charge in [0, 0.05) is 5.10 Å². The maximum absolute atomic E-state index is 9.96. The molecule has 0 radical (unpaired) electrons. The molecule has 0 aliphatic heterocycles. The molecule has 0 aliphatic rings. The third kappa shape index (κ3) is 1.44. The Labute approximate surface area is 56.5 Å². The molecule has 0 saturated carbocycles. The van der Waals surface area contributed by atoms with Crippen molar-refractivity contribution in [2.45, 2.75) is 6.54 Å². The van der Waals surface area contributed by atoms with Crippen molar-refractivity contribution >= 4 is 5.97 Å². The first-order valence-corrected chi connectivity index (χ1v) is 2.57. The molecule has 10 heavy (non-hydrogen) atoms. The van der Waals surface area contributed by atoms with E-state index in [-0.39, 0.29) is 6.54 Å². The van der Waals surface area contributed by atoms with Crippen molar-refractivity contribution in [2.75, 3.05) is 5.84 Å². The predicted octanol–water partition coefficient (Wildman–Crippen LogP) is -3.37. The van der Waals surface area contributed by atoms with Crippen molar-refractivity contribution in [2.24, 2.45) is 0 Å². The number of nitrogens with two attached hydrogens (primary N) is 1. The van der Waals surface area contributed by atoms with Crippen LogP contribution in [-0.4, -0.2) is 15.7 Å². The Hall–Kier alpha value is -1.59. The lowest BCUT2D eigenvalue weighted by atomic mass is 10.7. The molecule has 1 heterocycles. The van der Waals surface area contributed by atoms with E-state index in [2.05, 4.69) is 5.10 Å². The van der Waals surface area contributed by atoms with Crippen LogP contribution in [0, 0.1) is 0 Å². The highest BCUT2D eigenvalue weighted by molar-refractivity contribution is 5.63. The molecule has 1 aromatic rings. The number of aromatic nitrogens is 3. The summed E-state index contributed by atoms with van der Waals surface area (Å²) < 4.78 is 2.32. The average molecular weight is 142 g/mol. The van der Waals surface area contributed by atoms with Crippen molar-refractivity contribution < 1.29 is 14.6 Å². The van der Waals surface area contributed by atoms with Crippen LogP contribution in [0.25, 0.3) is 0 Å². The zero-order valence-electron chi connectivity index (χ0n) is 5.10. The maximum atomic E-state index is 9.96. The molecule has 0 spiro atoms. The van der Waals surface area contributed by atoms with Crippen LogP contribution in [0.1, 0.15) is 0 Å². The minimum Gasteiger partial charge on any atom is -0.547 e. The number of carbonyl (C=O) groups excluding carboxylic acids is 1. The molecular weight excluding hydrogens is 136 g/mol. The summed E-state index contributed by atoms with van der Waals surface area (Å²) in [6.45, 7) is -0.274. The first-order chi connectivity index (χ1) is 4.68. The Morgan fingerprint density at radius 1 is 1.90 bits per heavy atom. The molecule has 54 valence electrons. The van der Waals surface area contributed by atoms with Gasteiger partial charge in [0.05, 0.1) is 5.97 Å². The van der Waals surface area contributed by atoms with Crippen LogP contribution >= 0.6 is 0 Å². The zero-order valence-corrected chi connectivity index (χ0v) is 5.10.